The molecule has 0 unspecified atom stereocenters. The minimum absolute atomic E-state index is 0.216. The maximum Gasteiger partial charge on any atom is 0.223 e. The number of hydrogen-bond donors (Lipinski definition) is 0. The number of aromatic nitrogens is 2. The summed E-state index contributed by atoms with van der Waals surface area (Å²) in [5.74, 6) is 0.511. The van der Waals surface area contributed by atoms with Crippen molar-refractivity contribution in [1.29, 1.82) is 0 Å². The molecule has 2 aromatic rings. The van der Waals surface area contributed by atoms with Crippen LogP contribution in [-0.2, 0) is 22.6 Å². The van der Waals surface area contributed by atoms with Crippen LogP contribution in [0.5, 0.6) is 0 Å². The predicted octanol–water partition coefficient (Wildman–Crippen LogP) is 2.05. The second-order valence-electron chi connectivity index (χ2n) is 5.66. The number of methoxy groups -OCH3 is 1. The molecule has 1 aliphatic heterocycles. The van der Waals surface area contributed by atoms with Crippen molar-refractivity contribution in [2.75, 3.05) is 20.3 Å². The van der Waals surface area contributed by atoms with Gasteiger partial charge in [-0.3, -0.25) is 4.79 Å². The van der Waals surface area contributed by atoms with Gasteiger partial charge >= 0.3 is 0 Å². The highest BCUT2D eigenvalue weighted by molar-refractivity contribution is 5.79. The van der Waals surface area contributed by atoms with E-state index in [0.29, 0.717) is 25.5 Å². The van der Waals surface area contributed by atoms with Gasteiger partial charge in [0.2, 0.25) is 5.91 Å². The van der Waals surface area contributed by atoms with Crippen LogP contribution in [0.15, 0.2) is 42.9 Å². The third-order valence-corrected chi connectivity index (χ3v) is 4.17. The zero-order valence-corrected chi connectivity index (χ0v) is 12.8. The fourth-order valence-corrected chi connectivity index (χ4v) is 2.94. The molecule has 1 aliphatic rings. The van der Waals surface area contributed by atoms with Crippen molar-refractivity contribution >= 4 is 5.91 Å². The summed E-state index contributed by atoms with van der Waals surface area (Å²) in [6.07, 6.45) is 4.22. The van der Waals surface area contributed by atoms with Crippen LogP contribution in [0.2, 0.25) is 0 Å². The van der Waals surface area contributed by atoms with Crippen LogP contribution in [-0.4, -0.2) is 40.6 Å². The van der Waals surface area contributed by atoms with E-state index in [0.717, 1.165) is 18.8 Å². The molecule has 5 nitrogen and oxygen atoms in total. The molecule has 0 saturated carbocycles. The third-order valence-electron chi connectivity index (χ3n) is 4.17. The maximum absolute atomic E-state index is 12.3. The van der Waals surface area contributed by atoms with E-state index in [4.69, 9.17) is 4.74 Å². The van der Waals surface area contributed by atoms with Crippen molar-refractivity contribution in [1.82, 2.24) is 14.5 Å². The van der Waals surface area contributed by atoms with E-state index in [1.807, 2.05) is 33.9 Å². The van der Waals surface area contributed by atoms with Crippen molar-refractivity contribution in [3.63, 3.8) is 0 Å². The lowest BCUT2D eigenvalue weighted by molar-refractivity contribution is -0.128. The Morgan fingerprint density at radius 3 is 2.91 bits per heavy atom. The number of rotatable bonds is 6. The Kier molecular flexibility index (Phi) is 4.53. The lowest BCUT2D eigenvalue weighted by Gasteiger charge is -2.18. The molecule has 3 rings (SSSR count). The molecule has 0 radical (unpaired) electrons. The molecule has 5 heteroatoms. The Morgan fingerprint density at radius 2 is 2.14 bits per heavy atom. The highest BCUT2D eigenvalue weighted by Crippen LogP contribution is 2.28. The summed E-state index contributed by atoms with van der Waals surface area (Å²) in [4.78, 5) is 18.4. The molecule has 0 N–H and O–H groups in total. The first kappa shape index (κ1) is 14.8. The van der Waals surface area contributed by atoms with Gasteiger partial charge in [0.15, 0.2) is 0 Å². The molecule has 1 atom stereocenters. The largest absolute Gasteiger partial charge is 0.383 e. The fourth-order valence-electron chi connectivity index (χ4n) is 2.94. The van der Waals surface area contributed by atoms with Gasteiger partial charge in [-0.2, -0.15) is 0 Å². The average Bonchev–Trinajstić information content (AvgIpc) is 3.14. The van der Waals surface area contributed by atoms with Gasteiger partial charge in [0.05, 0.1) is 25.2 Å². The molecule has 1 aromatic carbocycles. The third kappa shape index (κ3) is 3.20. The van der Waals surface area contributed by atoms with Crippen LogP contribution in [0.4, 0.5) is 0 Å². The first-order chi connectivity index (χ1) is 10.8. The SMILES string of the molecule is COCCn1cncc1CN1C[C@H](c2ccccc2)CC1=O. The van der Waals surface area contributed by atoms with E-state index >= 15 is 0 Å². The number of ether oxygens (including phenoxy) is 1. The molecule has 1 aromatic heterocycles. The van der Waals surface area contributed by atoms with Crippen LogP contribution >= 0.6 is 0 Å². The van der Waals surface area contributed by atoms with Gasteiger partial charge in [0, 0.05) is 38.7 Å². The van der Waals surface area contributed by atoms with Crippen LogP contribution in [0.3, 0.4) is 0 Å². The number of likely N-dealkylation sites (tertiary alicyclic amines) is 1. The van der Waals surface area contributed by atoms with Crippen LogP contribution < -0.4 is 0 Å². The minimum Gasteiger partial charge on any atom is -0.383 e. The number of hydrogen-bond acceptors (Lipinski definition) is 3. The topological polar surface area (TPSA) is 47.4 Å². The standard InChI is InChI=1S/C17H21N3O2/c1-22-8-7-19-13-18-10-16(19)12-20-11-15(9-17(20)21)14-5-3-2-4-6-14/h2-6,10,13,15H,7-9,11-12H2,1H3/t15-/m1/s1. The lowest BCUT2D eigenvalue weighted by atomic mass is 9.99. The highest BCUT2D eigenvalue weighted by Gasteiger charge is 2.30. The van der Waals surface area contributed by atoms with Gasteiger partial charge in [-0.15, -0.1) is 0 Å². The summed E-state index contributed by atoms with van der Waals surface area (Å²) in [6, 6.07) is 10.3. The first-order valence-electron chi connectivity index (χ1n) is 7.58. The maximum atomic E-state index is 12.3. The molecular formula is C17H21N3O2. The van der Waals surface area contributed by atoms with Crippen LogP contribution in [0, 0.1) is 0 Å². The van der Waals surface area contributed by atoms with E-state index in [2.05, 4.69) is 17.1 Å². The zero-order valence-electron chi connectivity index (χ0n) is 12.8. The molecule has 0 spiro atoms. The molecular weight excluding hydrogens is 278 g/mol. The molecule has 2 heterocycles. The van der Waals surface area contributed by atoms with Gasteiger partial charge in [-0.05, 0) is 5.56 Å². The van der Waals surface area contributed by atoms with Gasteiger partial charge in [0.25, 0.3) is 0 Å². The van der Waals surface area contributed by atoms with Crippen LogP contribution in [0.1, 0.15) is 23.6 Å². The zero-order chi connectivity index (χ0) is 15.4. The number of amides is 1. The molecule has 22 heavy (non-hydrogen) atoms. The van der Waals surface area contributed by atoms with E-state index in [1.54, 1.807) is 13.4 Å². The average molecular weight is 299 g/mol. The summed E-state index contributed by atoms with van der Waals surface area (Å²) < 4.78 is 7.16. The van der Waals surface area contributed by atoms with Crippen molar-refractivity contribution < 1.29 is 9.53 Å². The predicted molar refractivity (Wildman–Crippen MR) is 83.3 cm³/mol. The van der Waals surface area contributed by atoms with Gasteiger partial charge < -0.3 is 14.2 Å². The molecule has 1 saturated heterocycles. The summed E-state index contributed by atoms with van der Waals surface area (Å²) in [7, 11) is 1.69. The molecule has 1 fully saturated rings. The lowest BCUT2D eigenvalue weighted by Crippen LogP contribution is -2.26. The number of nitrogens with zero attached hydrogens (tertiary/aromatic N) is 3. The van der Waals surface area contributed by atoms with Gasteiger partial charge in [-0.25, -0.2) is 4.98 Å². The van der Waals surface area contributed by atoms with Gasteiger partial charge in [-0.1, -0.05) is 30.3 Å². The highest BCUT2D eigenvalue weighted by atomic mass is 16.5. The van der Waals surface area contributed by atoms with E-state index in [1.165, 1.54) is 5.56 Å². The van der Waals surface area contributed by atoms with Crippen molar-refractivity contribution in [3.8, 4) is 0 Å². The number of carbonyl (C=O) groups is 1. The Morgan fingerprint density at radius 1 is 1.32 bits per heavy atom. The quantitative estimate of drug-likeness (QED) is 0.820. The Labute approximate surface area is 130 Å². The smallest absolute Gasteiger partial charge is 0.223 e. The second-order valence-corrected chi connectivity index (χ2v) is 5.66. The molecule has 1 amide bonds. The summed E-state index contributed by atoms with van der Waals surface area (Å²) in [6.45, 7) is 2.80. The number of imidazole rings is 1. The second kappa shape index (κ2) is 6.75. The Hall–Kier alpha value is -2.14. The Bertz CT molecular complexity index is 624. The number of carbonyl (C=O) groups excluding carboxylic acids is 1. The Balaban J connectivity index is 1.66. The number of benzene rings is 1. The summed E-state index contributed by atoms with van der Waals surface area (Å²) >= 11 is 0. The van der Waals surface area contributed by atoms with E-state index in [9.17, 15) is 4.79 Å². The van der Waals surface area contributed by atoms with Gasteiger partial charge in [0.1, 0.15) is 0 Å². The monoisotopic (exact) mass is 299 g/mol. The normalized spacial score (nSPS) is 18.1. The molecule has 116 valence electrons. The molecule has 0 bridgehead atoms. The molecule has 0 aliphatic carbocycles. The van der Waals surface area contributed by atoms with E-state index < -0.39 is 0 Å². The van der Waals surface area contributed by atoms with Crippen LogP contribution in [0.25, 0.3) is 0 Å². The van der Waals surface area contributed by atoms with E-state index in [-0.39, 0.29) is 5.91 Å². The summed E-state index contributed by atoms with van der Waals surface area (Å²) in [5, 5.41) is 0. The van der Waals surface area contributed by atoms with Crippen molar-refractivity contribution in [3.05, 3.63) is 54.1 Å². The van der Waals surface area contributed by atoms with Crippen molar-refractivity contribution in [2.45, 2.75) is 25.4 Å². The summed E-state index contributed by atoms with van der Waals surface area (Å²) in [5.41, 5.74) is 2.30. The van der Waals surface area contributed by atoms with Crippen molar-refractivity contribution in [2.24, 2.45) is 0 Å². The minimum atomic E-state index is 0.216. The first-order valence-corrected chi connectivity index (χ1v) is 7.58. The fraction of sp³-hybridized carbons (Fsp3) is 0.412.